The molecule has 3 aromatic rings. The second-order valence-corrected chi connectivity index (χ2v) is 5.96. The number of benzene rings is 2. The Morgan fingerprint density at radius 1 is 0.913 bits per heavy atom. The third kappa shape index (κ3) is 4.52. The maximum absolute atomic E-state index is 6.14. The van der Waals surface area contributed by atoms with Crippen LogP contribution in [0.25, 0.3) is 0 Å². The molecular formula is C19H22N4. The number of aromatic amines is 1. The molecule has 0 unspecified atom stereocenters. The smallest absolute Gasteiger partial charge is 0.0921 e. The molecule has 118 valence electrons. The average molecular weight is 306 g/mol. The lowest BCUT2D eigenvalue weighted by Crippen LogP contribution is -2.29. The molecule has 0 radical (unpaired) electrons. The van der Waals surface area contributed by atoms with Gasteiger partial charge in [-0.1, -0.05) is 54.1 Å². The van der Waals surface area contributed by atoms with Gasteiger partial charge >= 0.3 is 0 Å². The Bertz CT molecular complexity index is 715. The van der Waals surface area contributed by atoms with Crippen LogP contribution in [0, 0.1) is 6.92 Å². The fourth-order valence-electron chi connectivity index (χ4n) is 2.58. The van der Waals surface area contributed by atoms with E-state index in [-0.39, 0.29) is 0 Å². The third-order valence-electron chi connectivity index (χ3n) is 3.86. The Balaban J connectivity index is 1.56. The van der Waals surface area contributed by atoms with Crippen LogP contribution in [0.5, 0.6) is 0 Å². The first kappa shape index (κ1) is 15.5. The molecule has 0 fully saturated rings. The van der Waals surface area contributed by atoms with Gasteiger partial charge in [-0.25, -0.2) is 9.99 Å². The number of nitrogens with two attached hydrogens (primary N) is 1. The standard InChI is InChI=1S/C19H22N4/c1-15-2-4-17(5-3-15)12-23(20)13-18-8-6-16(7-9-18)10-19-11-21-14-22-19/h2-9,11,14H,10,12-13,20H2,1H3,(H,21,22). The van der Waals surface area contributed by atoms with Gasteiger partial charge in [0.25, 0.3) is 0 Å². The lowest BCUT2D eigenvalue weighted by atomic mass is 10.1. The number of nitrogens with zero attached hydrogens (tertiary/aromatic N) is 2. The van der Waals surface area contributed by atoms with Crippen LogP contribution in [0.3, 0.4) is 0 Å². The highest BCUT2D eigenvalue weighted by molar-refractivity contribution is 5.26. The van der Waals surface area contributed by atoms with E-state index >= 15 is 0 Å². The minimum absolute atomic E-state index is 0.734. The fourth-order valence-corrected chi connectivity index (χ4v) is 2.58. The van der Waals surface area contributed by atoms with Crippen LogP contribution in [0.1, 0.15) is 27.9 Å². The zero-order chi connectivity index (χ0) is 16.1. The van der Waals surface area contributed by atoms with E-state index in [0.29, 0.717) is 0 Å². The predicted molar refractivity (Wildman–Crippen MR) is 92.4 cm³/mol. The molecule has 0 amide bonds. The van der Waals surface area contributed by atoms with E-state index in [9.17, 15) is 0 Å². The third-order valence-corrected chi connectivity index (χ3v) is 3.86. The number of hydrazine groups is 1. The summed E-state index contributed by atoms with van der Waals surface area (Å²) >= 11 is 0. The Kier molecular flexibility index (Phi) is 4.86. The number of nitrogens with one attached hydrogen (secondary N) is 1. The van der Waals surface area contributed by atoms with E-state index in [0.717, 1.165) is 25.2 Å². The number of aromatic nitrogens is 2. The minimum Gasteiger partial charge on any atom is -0.348 e. The van der Waals surface area contributed by atoms with Crippen molar-refractivity contribution in [2.75, 3.05) is 0 Å². The molecule has 4 heteroatoms. The Morgan fingerprint density at radius 2 is 1.48 bits per heavy atom. The number of hydrogen-bond donors (Lipinski definition) is 2. The summed E-state index contributed by atoms with van der Waals surface area (Å²) in [6, 6.07) is 17.1. The van der Waals surface area contributed by atoms with Gasteiger partial charge in [-0.05, 0) is 23.6 Å². The summed E-state index contributed by atoms with van der Waals surface area (Å²) in [6.07, 6.45) is 4.44. The number of H-pyrrole nitrogens is 1. The monoisotopic (exact) mass is 306 g/mol. The van der Waals surface area contributed by atoms with Crippen molar-refractivity contribution in [2.45, 2.75) is 26.4 Å². The molecule has 0 aliphatic rings. The average Bonchev–Trinajstić information content (AvgIpc) is 3.04. The van der Waals surface area contributed by atoms with Gasteiger partial charge in [-0.15, -0.1) is 0 Å². The van der Waals surface area contributed by atoms with Crippen molar-refractivity contribution in [3.63, 3.8) is 0 Å². The van der Waals surface area contributed by atoms with Gasteiger partial charge in [0.15, 0.2) is 0 Å². The number of hydrogen-bond acceptors (Lipinski definition) is 3. The summed E-state index contributed by atoms with van der Waals surface area (Å²) in [4.78, 5) is 7.17. The van der Waals surface area contributed by atoms with Gasteiger partial charge in [-0.2, -0.15) is 0 Å². The summed E-state index contributed by atoms with van der Waals surface area (Å²) in [5.41, 5.74) is 6.10. The highest BCUT2D eigenvalue weighted by atomic mass is 15.4. The SMILES string of the molecule is Cc1ccc(CN(N)Cc2ccc(Cc3cnc[nH]3)cc2)cc1. The molecule has 3 rings (SSSR count). The maximum Gasteiger partial charge on any atom is 0.0921 e. The Hall–Kier alpha value is -2.43. The minimum atomic E-state index is 0.734. The van der Waals surface area contributed by atoms with Crippen LogP contribution in [-0.2, 0) is 19.5 Å². The van der Waals surface area contributed by atoms with Crippen LogP contribution >= 0.6 is 0 Å². The van der Waals surface area contributed by atoms with E-state index in [4.69, 9.17) is 5.84 Å². The molecule has 0 saturated carbocycles. The van der Waals surface area contributed by atoms with E-state index < -0.39 is 0 Å². The predicted octanol–water partition coefficient (Wildman–Crippen LogP) is 3.18. The molecule has 4 nitrogen and oxygen atoms in total. The summed E-state index contributed by atoms with van der Waals surface area (Å²) in [6.45, 7) is 3.57. The van der Waals surface area contributed by atoms with Gasteiger partial charge in [0.05, 0.1) is 6.33 Å². The van der Waals surface area contributed by atoms with E-state index in [1.165, 1.54) is 22.3 Å². The molecule has 0 saturated heterocycles. The molecule has 0 bridgehead atoms. The van der Waals surface area contributed by atoms with Crippen molar-refractivity contribution in [2.24, 2.45) is 5.84 Å². The number of imidazole rings is 1. The molecular weight excluding hydrogens is 284 g/mol. The summed E-state index contributed by atoms with van der Waals surface area (Å²) in [5.74, 6) is 6.14. The van der Waals surface area contributed by atoms with Crippen molar-refractivity contribution in [1.29, 1.82) is 0 Å². The lowest BCUT2D eigenvalue weighted by Gasteiger charge is -2.17. The van der Waals surface area contributed by atoms with Gasteiger partial charge in [0.2, 0.25) is 0 Å². The largest absolute Gasteiger partial charge is 0.348 e. The molecule has 1 aromatic heterocycles. The highest BCUT2D eigenvalue weighted by Crippen LogP contribution is 2.11. The van der Waals surface area contributed by atoms with Crippen molar-refractivity contribution in [1.82, 2.24) is 15.0 Å². The fraction of sp³-hybridized carbons (Fsp3) is 0.211. The Labute approximate surface area is 137 Å². The topological polar surface area (TPSA) is 57.9 Å². The second-order valence-electron chi connectivity index (χ2n) is 5.96. The number of rotatable bonds is 6. The van der Waals surface area contributed by atoms with Crippen molar-refractivity contribution in [3.05, 3.63) is 89.0 Å². The molecule has 2 aromatic carbocycles. The zero-order valence-corrected chi connectivity index (χ0v) is 13.4. The number of aryl methyl sites for hydroxylation is 1. The summed E-state index contributed by atoms with van der Waals surface area (Å²) in [7, 11) is 0. The molecule has 1 heterocycles. The van der Waals surface area contributed by atoms with Crippen LogP contribution in [0.2, 0.25) is 0 Å². The first-order chi connectivity index (χ1) is 11.2. The van der Waals surface area contributed by atoms with Crippen LogP contribution in [0.4, 0.5) is 0 Å². The van der Waals surface area contributed by atoms with Crippen molar-refractivity contribution >= 4 is 0 Å². The van der Waals surface area contributed by atoms with Gasteiger partial charge in [0.1, 0.15) is 0 Å². The van der Waals surface area contributed by atoms with E-state index in [1.807, 2.05) is 11.2 Å². The van der Waals surface area contributed by atoms with Crippen molar-refractivity contribution < 1.29 is 0 Å². The summed E-state index contributed by atoms with van der Waals surface area (Å²) < 4.78 is 0. The zero-order valence-electron chi connectivity index (χ0n) is 13.4. The highest BCUT2D eigenvalue weighted by Gasteiger charge is 2.03. The lowest BCUT2D eigenvalue weighted by molar-refractivity contribution is 0.266. The van der Waals surface area contributed by atoms with Crippen LogP contribution in [0.15, 0.2) is 61.1 Å². The normalized spacial score (nSPS) is 11.1. The molecule has 0 aliphatic carbocycles. The molecule has 3 N–H and O–H groups in total. The van der Waals surface area contributed by atoms with Gasteiger partial charge in [-0.3, -0.25) is 5.84 Å². The molecule has 0 atom stereocenters. The second kappa shape index (κ2) is 7.22. The van der Waals surface area contributed by atoms with E-state index in [1.54, 1.807) is 6.33 Å². The van der Waals surface area contributed by atoms with E-state index in [2.05, 4.69) is 65.4 Å². The van der Waals surface area contributed by atoms with Crippen molar-refractivity contribution in [3.8, 4) is 0 Å². The van der Waals surface area contributed by atoms with Gasteiger partial charge < -0.3 is 4.98 Å². The molecule has 0 aliphatic heterocycles. The van der Waals surface area contributed by atoms with Crippen LogP contribution in [-0.4, -0.2) is 15.0 Å². The van der Waals surface area contributed by atoms with Crippen LogP contribution < -0.4 is 5.84 Å². The quantitative estimate of drug-likeness (QED) is 0.543. The Morgan fingerprint density at radius 3 is 2.04 bits per heavy atom. The molecule has 23 heavy (non-hydrogen) atoms. The first-order valence-corrected chi connectivity index (χ1v) is 7.79. The van der Waals surface area contributed by atoms with Gasteiger partial charge in [0, 0.05) is 31.4 Å². The first-order valence-electron chi connectivity index (χ1n) is 7.79. The maximum atomic E-state index is 6.14. The summed E-state index contributed by atoms with van der Waals surface area (Å²) in [5, 5.41) is 1.84. The molecule has 0 spiro atoms.